The molecule has 1 saturated carbocycles. The molecular formula is C32H44N4O3. The molecule has 39 heavy (non-hydrogen) atoms. The molecule has 1 N–H and O–H groups in total. The number of carbonyl (C=O) groups is 1. The van der Waals surface area contributed by atoms with E-state index in [1.54, 1.807) is 0 Å². The van der Waals surface area contributed by atoms with E-state index in [0.717, 1.165) is 94.5 Å². The molecule has 3 aromatic rings. The maximum Gasteiger partial charge on any atom is 0.326 e. The molecule has 0 unspecified atom stereocenters. The lowest BCUT2D eigenvalue weighted by atomic mass is 9.78. The number of hydrogen-bond donors (Lipinski definition) is 1. The Morgan fingerprint density at radius 2 is 1.64 bits per heavy atom. The van der Waals surface area contributed by atoms with E-state index in [9.17, 15) is 9.59 Å². The Morgan fingerprint density at radius 3 is 2.38 bits per heavy atom. The number of nitrogens with zero attached hydrogens (tertiary/aromatic N) is 3. The summed E-state index contributed by atoms with van der Waals surface area (Å²) in [4.78, 5) is 32.8. The molecule has 5 rings (SSSR count). The number of amides is 1. The maximum atomic E-state index is 12.8. The number of para-hydroxylation sites is 3. The molecule has 2 aromatic carbocycles. The van der Waals surface area contributed by atoms with Crippen LogP contribution in [0.15, 0.2) is 53.3 Å². The van der Waals surface area contributed by atoms with Crippen LogP contribution in [-0.4, -0.2) is 64.6 Å². The number of piperidine rings is 1. The Labute approximate surface area is 232 Å². The largest absolute Gasteiger partial charge is 0.492 e. The lowest BCUT2D eigenvalue weighted by molar-refractivity contribution is -0.136. The average molecular weight is 533 g/mol. The van der Waals surface area contributed by atoms with Gasteiger partial charge < -0.3 is 14.6 Å². The van der Waals surface area contributed by atoms with E-state index < -0.39 is 0 Å². The van der Waals surface area contributed by atoms with Gasteiger partial charge in [-0.15, -0.1) is 0 Å². The Bertz CT molecular complexity index is 1280. The smallest absolute Gasteiger partial charge is 0.326 e. The quantitative estimate of drug-likeness (QED) is 0.387. The van der Waals surface area contributed by atoms with Gasteiger partial charge in [0.1, 0.15) is 12.4 Å². The Hall–Kier alpha value is -3.06. The molecule has 0 atom stereocenters. The van der Waals surface area contributed by atoms with Crippen molar-refractivity contribution in [2.24, 2.45) is 11.8 Å². The van der Waals surface area contributed by atoms with Gasteiger partial charge in [0, 0.05) is 44.7 Å². The van der Waals surface area contributed by atoms with Crippen LogP contribution in [0.4, 0.5) is 0 Å². The Balaban J connectivity index is 1.08. The molecule has 1 aliphatic heterocycles. The number of hydrogen-bond acceptors (Lipinski definition) is 4. The summed E-state index contributed by atoms with van der Waals surface area (Å²) in [6, 6.07) is 16.7. The topological polar surface area (TPSA) is 70.6 Å². The number of benzene rings is 2. The first-order valence-corrected chi connectivity index (χ1v) is 15.0. The number of ether oxygens (including phenoxy) is 1. The van der Waals surface area contributed by atoms with Gasteiger partial charge in [-0.3, -0.25) is 14.3 Å². The van der Waals surface area contributed by atoms with E-state index in [-0.39, 0.29) is 17.6 Å². The van der Waals surface area contributed by atoms with Gasteiger partial charge in [-0.25, -0.2) is 4.79 Å². The minimum Gasteiger partial charge on any atom is -0.492 e. The van der Waals surface area contributed by atoms with Crippen molar-refractivity contribution in [2.45, 2.75) is 64.8 Å². The number of H-pyrrole nitrogens is 1. The van der Waals surface area contributed by atoms with E-state index >= 15 is 0 Å². The number of likely N-dealkylation sites (tertiary alicyclic amines) is 1. The van der Waals surface area contributed by atoms with Crippen LogP contribution in [0.3, 0.4) is 0 Å². The standard InChI is InChI=1S/C32H44N4O3/c1-3-35(4-2)31(37)25-15-13-24(14-16-25)23-26-9-5-8-12-30(26)39-22-21-34-19-17-27(18-20-34)36-29-11-7-6-10-28(29)33-32(36)38/h5-12,24-25,27H,3-4,13-23H2,1-2H3,(H,33,38). The molecule has 2 fully saturated rings. The predicted molar refractivity (Wildman–Crippen MR) is 156 cm³/mol. The lowest BCUT2D eigenvalue weighted by Gasteiger charge is -2.32. The molecule has 7 heteroatoms. The summed E-state index contributed by atoms with van der Waals surface area (Å²) in [5, 5.41) is 0. The lowest BCUT2D eigenvalue weighted by Crippen LogP contribution is -2.39. The summed E-state index contributed by atoms with van der Waals surface area (Å²) in [7, 11) is 0. The van der Waals surface area contributed by atoms with Gasteiger partial charge in [0.25, 0.3) is 0 Å². The molecule has 1 saturated heterocycles. The predicted octanol–water partition coefficient (Wildman–Crippen LogP) is 5.26. The van der Waals surface area contributed by atoms with Crippen molar-refractivity contribution in [3.8, 4) is 5.75 Å². The molecular weight excluding hydrogens is 488 g/mol. The van der Waals surface area contributed by atoms with E-state index in [2.05, 4.69) is 48.0 Å². The fraction of sp³-hybridized carbons (Fsp3) is 0.562. The second-order valence-corrected chi connectivity index (χ2v) is 11.3. The molecule has 0 bridgehead atoms. The fourth-order valence-corrected chi connectivity index (χ4v) is 6.65. The molecule has 0 radical (unpaired) electrons. The zero-order valence-corrected chi connectivity index (χ0v) is 23.6. The molecule has 1 amide bonds. The summed E-state index contributed by atoms with van der Waals surface area (Å²) >= 11 is 0. The van der Waals surface area contributed by atoms with Gasteiger partial charge in [-0.05, 0) is 88.5 Å². The van der Waals surface area contributed by atoms with Crippen LogP contribution in [0, 0.1) is 11.8 Å². The second-order valence-electron chi connectivity index (χ2n) is 11.3. The molecule has 2 heterocycles. The van der Waals surface area contributed by atoms with Crippen molar-refractivity contribution in [1.82, 2.24) is 19.4 Å². The molecule has 7 nitrogen and oxygen atoms in total. The van der Waals surface area contributed by atoms with Crippen LogP contribution < -0.4 is 10.4 Å². The van der Waals surface area contributed by atoms with E-state index in [1.807, 2.05) is 33.7 Å². The summed E-state index contributed by atoms with van der Waals surface area (Å²) in [6.45, 7) is 9.25. The van der Waals surface area contributed by atoms with Crippen LogP contribution in [0.25, 0.3) is 11.0 Å². The highest BCUT2D eigenvalue weighted by Gasteiger charge is 2.29. The van der Waals surface area contributed by atoms with Gasteiger partial charge >= 0.3 is 5.69 Å². The number of rotatable bonds is 10. The van der Waals surface area contributed by atoms with E-state index in [0.29, 0.717) is 18.4 Å². The van der Waals surface area contributed by atoms with Crippen molar-refractivity contribution in [1.29, 1.82) is 0 Å². The summed E-state index contributed by atoms with van der Waals surface area (Å²) < 4.78 is 8.27. The minimum absolute atomic E-state index is 0.00133. The first kappa shape index (κ1) is 27.5. The number of fused-ring (bicyclic) bond motifs is 1. The Kier molecular flexibility index (Phi) is 9.07. The van der Waals surface area contributed by atoms with Gasteiger partial charge in [-0.2, -0.15) is 0 Å². The highest BCUT2D eigenvalue weighted by atomic mass is 16.5. The van der Waals surface area contributed by atoms with Crippen molar-refractivity contribution < 1.29 is 9.53 Å². The van der Waals surface area contributed by atoms with E-state index in [4.69, 9.17) is 4.74 Å². The third-order valence-electron chi connectivity index (χ3n) is 8.96. The van der Waals surface area contributed by atoms with Gasteiger partial charge in [0.2, 0.25) is 5.91 Å². The fourth-order valence-electron chi connectivity index (χ4n) is 6.65. The highest BCUT2D eigenvalue weighted by Crippen LogP contribution is 2.34. The van der Waals surface area contributed by atoms with E-state index in [1.165, 1.54) is 5.56 Å². The molecule has 2 aliphatic rings. The highest BCUT2D eigenvalue weighted by molar-refractivity contribution is 5.78. The van der Waals surface area contributed by atoms with Gasteiger partial charge in [-0.1, -0.05) is 30.3 Å². The van der Waals surface area contributed by atoms with Crippen molar-refractivity contribution in [3.05, 3.63) is 64.6 Å². The maximum absolute atomic E-state index is 12.8. The third kappa shape index (κ3) is 6.40. The monoisotopic (exact) mass is 532 g/mol. The summed E-state index contributed by atoms with van der Waals surface area (Å²) in [5.41, 5.74) is 3.20. The van der Waals surface area contributed by atoms with Crippen molar-refractivity contribution >= 4 is 16.9 Å². The van der Waals surface area contributed by atoms with Gasteiger partial charge in [0.05, 0.1) is 11.0 Å². The van der Waals surface area contributed by atoms with Crippen LogP contribution in [0.5, 0.6) is 5.75 Å². The molecule has 210 valence electrons. The second kappa shape index (κ2) is 12.9. The van der Waals surface area contributed by atoms with Crippen LogP contribution >= 0.6 is 0 Å². The average Bonchev–Trinajstić information content (AvgIpc) is 3.31. The molecule has 1 aromatic heterocycles. The first-order chi connectivity index (χ1) is 19.1. The minimum atomic E-state index is -0.00133. The summed E-state index contributed by atoms with van der Waals surface area (Å²) in [6.07, 6.45) is 7.19. The van der Waals surface area contributed by atoms with Crippen molar-refractivity contribution in [2.75, 3.05) is 39.3 Å². The third-order valence-corrected chi connectivity index (χ3v) is 8.96. The van der Waals surface area contributed by atoms with Crippen LogP contribution in [0.2, 0.25) is 0 Å². The number of imidazole rings is 1. The van der Waals surface area contributed by atoms with Gasteiger partial charge in [0.15, 0.2) is 0 Å². The zero-order valence-electron chi connectivity index (χ0n) is 23.6. The molecule has 0 spiro atoms. The number of nitrogens with one attached hydrogen (secondary N) is 1. The van der Waals surface area contributed by atoms with Crippen molar-refractivity contribution in [3.63, 3.8) is 0 Å². The molecule has 1 aliphatic carbocycles. The number of aromatic amines is 1. The first-order valence-electron chi connectivity index (χ1n) is 15.0. The SMILES string of the molecule is CCN(CC)C(=O)C1CCC(Cc2ccccc2OCCN2CCC(n3c(=O)[nH]c4ccccc43)CC2)CC1. The number of aromatic nitrogens is 2. The summed E-state index contributed by atoms with van der Waals surface area (Å²) in [5.74, 6) is 2.16. The normalized spacial score (nSPS) is 20.8. The van der Waals surface area contributed by atoms with Crippen LogP contribution in [0.1, 0.15) is 64.0 Å². The Morgan fingerprint density at radius 1 is 0.949 bits per heavy atom. The zero-order chi connectivity index (χ0) is 27.2. The number of carbonyl (C=O) groups excluding carboxylic acids is 1. The van der Waals surface area contributed by atoms with Crippen LogP contribution in [-0.2, 0) is 11.2 Å².